The molecule has 1 fully saturated rings. The Balaban J connectivity index is 2.42. The van der Waals surface area contributed by atoms with E-state index in [0.717, 1.165) is 0 Å². The van der Waals surface area contributed by atoms with Crippen LogP contribution in [0.15, 0.2) is 0 Å². The molecule has 0 unspecified atom stereocenters. The van der Waals surface area contributed by atoms with Crippen LogP contribution in [0.1, 0.15) is 6.42 Å². The second-order valence-corrected chi connectivity index (χ2v) is 2.90. The summed E-state index contributed by atoms with van der Waals surface area (Å²) in [5, 5.41) is 27.3. The van der Waals surface area contributed by atoms with Crippen LogP contribution in [-0.4, -0.2) is 53.6 Å². The van der Waals surface area contributed by atoms with Crippen molar-refractivity contribution in [1.82, 2.24) is 0 Å². The summed E-state index contributed by atoms with van der Waals surface area (Å²) >= 11 is 0. The highest BCUT2D eigenvalue weighted by molar-refractivity contribution is 4.79. The second kappa shape index (κ2) is 4.15. The lowest BCUT2D eigenvalue weighted by molar-refractivity contribution is -0.253. The van der Waals surface area contributed by atoms with Crippen molar-refractivity contribution < 1.29 is 24.8 Å². The number of hydrogen-bond donors (Lipinski definition) is 3. The van der Waals surface area contributed by atoms with Crippen LogP contribution in [-0.2, 0) is 9.47 Å². The van der Waals surface area contributed by atoms with Crippen LogP contribution in [0.2, 0.25) is 0 Å². The minimum atomic E-state index is -1.31. The van der Waals surface area contributed by atoms with E-state index in [0.29, 0.717) is 6.61 Å². The van der Waals surface area contributed by atoms with E-state index in [9.17, 15) is 5.11 Å². The number of aliphatic hydroxyl groups is 3. The van der Waals surface area contributed by atoms with Gasteiger partial charge in [0, 0.05) is 13.5 Å². The quantitative estimate of drug-likeness (QED) is 0.477. The zero-order valence-electron chi connectivity index (χ0n) is 6.88. The minimum Gasteiger partial charge on any atom is -0.390 e. The van der Waals surface area contributed by atoms with Crippen LogP contribution in [0.4, 0.5) is 0 Å². The monoisotopic (exact) mass is 178 g/mol. The van der Waals surface area contributed by atoms with Crippen molar-refractivity contribution in [2.24, 2.45) is 0 Å². The third-order valence-electron chi connectivity index (χ3n) is 1.88. The van der Waals surface area contributed by atoms with E-state index in [-0.39, 0.29) is 12.5 Å². The molecule has 5 heteroatoms. The molecule has 0 amide bonds. The number of ether oxygens (including phenoxy) is 2. The molecule has 0 spiro atoms. The fraction of sp³-hybridized carbons (Fsp3) is 1.00. The fourth-order valence-corrected chi connectivity index (χ4v) is 1.23. The van der Waals surface area contributed by atoms with Crippen molar-refractivity contribution in [3.63, 3.8) is 0 Å². The smallest absolute Gasteiger partial charge is 0.183 e. The summed E-state index contributed by atoms with van der Waals surface area (Å²) < 4.78 is 9.71. The SMILES string of the molecule is COC[C@@H]1C[C@H](O)[C@@H](O)[C@@H](O)O1. The summed E-state index contributed by atoms with van der Waals surface area (Å²) in [6, 6.07) is 0. The lowest BCUT2D eigenvalue weighted by Crippen LogP contribution is -2.49. The van der Waals surface area contributed by atoms with Gasteiger partial charge in [-0.2, -0.15) is 0 Å². The Hall–Kier alpha value is -0.200. The summed E-state index contributed by atoms with van der Waals surface area (Å²) in [6.07, 6.45) is -3.52. The van der Waals surface area contributed by atoms with Gasteiger partial charge in [0.2, 0.25) is 0 Å². The number of methoxy groups -OCH3 is 1. The standard InChI is InChI=1S/C7H14O5/c1-11-3-4-2-5(8)6(9)7(10)12-4/h4-10H,2-3H2,1H3/t4-,5-,6+,7-/m0/s1. The first kappa shape index (κ1) is 9.88. The van der Waals surface area contributed by atoms with Crippen molar-refractivity contribution in [2.75, 3.05) is 13.7 Å². The summed E-state index contributed by atoms with van der Waals surface area (Å²) in [5.74, 6) is 0. The van der Waals surface area contributed by atoms with Crippen LogP contribution < -0.4 is 0 Å². The molecule has 0 radical (unpaired) electrons. The summed E-state index contributed by atoms with van der Waals surface area (Å²) in [6.45, 7) is 0.306. The lowest BCUT2D eigenvalue weighted by Gasteiger charge is -2.33. The summed E-state index contributed by atoms with van der Waals surface area (Å²) in [7, 11) is 1.51. The third-order valence-corrected chi connectivity index (χ3v) is 1.88. The molecule has 0 saturated carbocycles. The fourth-order valence-electron chi connectivity index (χ4n) is 1.23. The molecule has 0 aromatic rings. The van der Waals surface area contributed by atoms with Crippen LogP contribution in [0.5, 0.6) is 0 Å². The summed E-state index contributed by atoms with van der Waals surface area (Å²) in [4.78, 5) is 0. The molecular weight excluding hydrogens is 164 g/mol. The van der Waals surface area contributed by atoms with Gasteiger partial charge in [-0.3, -0.25) is 0 Å². The molecule has 5 nitrogen and oxygen atoms in total. The van der Waals surface area contributed by atoms with Gasteiger partial charge in [0.15, 0.2) is 6.29 Å². The van der Waals surface area contributed by atoms with Gasteiger partial charge in [0.25, 0.3) is 0 Å². The van der Waals surface area contributed by atoms with Crippen LogP contribution >= 0.6 is 0 Å². The maximum Gasteiger partial charge on any atom is 0.183 e. The maximum atomic E-state index is 9.20. The Labute approximate surface area is 70.5 Å². The Morgan fingerprint density at radius 3 is 2.58 bits per heavy atom. The van der Waals surface area contributed by atoms with E-state index in [1.54, 1.807) is 0 Å². The molecule has 0 bridgehead atoms. The van der Waals surface area contributed by atoms with E-state index in [1.165, 1.54) is 7.11 Å². The van der Waals surface area contributed by atoms with Gasteiger partial charge in [-0.1, -0.05) is 0 Å². The Bertz CT molecular complexity index is 128. The van der Waals surface area contributed by atoms with Crippen molar-refractivity contribution >= 4 is 0 Å². The van der Waals surface area contributed by atoms with Crippen LogP contribution in [0.3, 0.4) is 0 Å². The highest BCUT2D eigenvalue weighted by Crippen LogP contribution is 2.18. The molecule has 12 heavy (non-hydrogen) atoms. The van der Waals surface area contributed by atoms with Crippen LogP contribution in [0, 0.1) is 0 Å². The molecule has 1 saturated heterocycles. The number of rotatable bonds is 2. The Morgan fingerprint density at radius 2 is 2.08 bits per heavy atom. The van der Waals surface area contributed by atoms with E-state index in [2.05, 4.69) is 0 Å². The van der Waals surface area contributed by atoms with E-state index >= 15 is 0 Å². The van der Waals surface area contributed by atoms with Gasteiger partial charge in [-0.15, -0.1) is 0 Å². The molecule has 4 atom stereocenters. The number of aliphatic hydroxyl groups excluding tert-OH is 3. The average molecular weight is 178 g/mol. The zero-order valence-corrected chi connectivity index (χ0v) is 6.88. The average Bonchev–Trinajstić information content (AvgIpc) is 2.01. The first-order valence-electron chi connectivity index (χ1n) is 3.83. The van der Waals surface area contributed by atoms with Gasteiger partial charge in [0.1, 0.15) is 6.10 Å². The second-order valence-electron chi connectivity index (χ2n) is 2.90. The Morgan fingerprint density at radius 1 is 1.42 bits per heavy atom. The van der Waals surface area contributed by atoms with Crippen molar-refractivity contribution in [2.45, 2.75) is 31.0 Å². The molecule has 1 rings (SSSR count). The molecule has 3 N–H and O–H groups in total. The Kier molecular flexibility index (Phi) is 3.42. The largest absolute Gasteiger partial charge is 0.390 e. The molecule has 0 aliphatic carbocycles. The molecule has 72 valence electrons. The topological polar surface area (TPSA) is 79.2 Å². The highest BCUT2D eigenvalue weighted by Gasteiger charge is 2.35. The van der Waals surface area contributed by atoms with Crippen molar-refractivity contribution in [3.05, 3.63) is 0 Å². The van der Waals surface area contributed by atoms with Gasteiger partial charge in [0.05, 0.1) is 18.8 Å². The van der Waals surface area contributed by atoms with E-state index in [1.807, 2.05) is 0 Å². The molecule has 1 aliphatic heterocycles. The van der Waals surface area contributed by atoms with Crippen molar-refractivity contribution in [3.8, 4) is 0 Å². The maximum absolute atomic E-state index is 9.20. The number of hydrogen-bond acceptors (Lipinski definition) is 5. The molecule has 1 aliphatic rings. The molecule has 0 aromatic carbocycles. The first-order valence-corrected chi connectivity index (χ1v) is 3.83. The normalized spacial score (nSPS) is 43.0. The minimum absolute atomic E-state index is 0.284. The van der Waals surface area contributed by atoms with E-state index < -0.39 is 18.5 Å². The van der Waals surface area contributed by atoms with E-state index in [4.69, 9.17) is 19.7 Å². The van der Waals surface area contributed by atoms with Crippen LogP contribution in [0.25, 0.3) is 0 Å². The predicted octanol–water partition coefficient (Wildman–Crippen LogP) is -1.54. The predicted molar refractivity (Wildman–Crippen MR) is 39.4 cm³/mol. The summed E-state index contributed by atoms with van der Waals surface area (Å²) in [5.41, 5.74) is 0. The highest BCUT2D eigenvalue weighted by atomic mass is 16.6. The first-order chi connectivity index (χ1) is 5.65. The molecular formula is C7H14O5. The molecule has 1 heterocycles. The lowest BCUT2D eigenvalue weighted by atomic mass is 10.0. The zero-order chi connectivity index (χ0) is 9.14. The van der Waals surface area contributed by atoms with Gasteiger partial charge >= 0.3 is 0 Å². The van der Waals surface area contributed by atoms with Gasteiger partial charge in [-0.05, 0) is 0 Å². The molecule has 0 aromatic heterocycles. The van der Waals surface area contributed by atoms with Crippen molar-refractivity contribution in [1.29, 1.82) is 0 Å². The van der Waals surface area contributed by atoms with Gasteiger partial charge in [-0.25, -0.2) is 0 Å². The third kappa shape index (κ3) is 2.15. The van der Waals surface area contributed by atoms with Gasteiger partial charge < -0.3 is 24.8 Å².